The standard InChI is InChI=1S/C22H26N2O5/c1-23(12-10-16-8-9-19(27-2)20(14-16)28-3)21(25)11-13-24-17-6-4-5-7-18(17)29-15-22(24)26/h4-9,14H,10-13,15H2,1-3H3. The van der Waals surface area contributed by atoms with Crippen LogP contribution in [0.4, 0.5) is 5.69 Å². The van der Waals surface area contributed by atoms with Crippen LogP contribution in [-0.2, 0) is 16.0 Å². The summed E-state index contributed by atoms with van der Waals surface area (Å²) in [4.78, 5) is 28.1. The highest BCUT2D eigenvalue weighted by atomic mass is 16.5. The number of amides is 2. The Bertz CT molecular complexity index is 883. The lowest BCUT2D eigenvalue weighted by atomic mass is 10.1. The van der Waals surface area contributed by atoms with Crippen LogP contribution in [0, 0.1) is 0 Å². The van der Waals surface area contributed by atoms with Crippen molar-refractivity contribution in [2.45, 2.75) is 12.8 Å². The summed E-state index contributed by atoms with van der Waals surface area (Å²) < 4.78 is 16.0. The Labute approximate surface area is 170 Å². The second kappa shape index (κ2) is 9.32. The second-order valence-corrected chi connectivity index (χ2v) is 6.81. The first-order valence-corrected chi connectivity index (χ1v) is 9.50. The number of nitrogens with zero attached hydrogens (tertiary/aromatic N) is 2. The molecule has 154 valence electrons. The molecule has 0 aromatic heterocycles. The minimum atomic E-state index is -0.135. The molecule has 0 aliphatic carbocycles. The summed E-state index contributed by atoms with van der Waals surface area (Å²) >= 11 is 0. The van der Waals surface area contributed by atoms with Gasteiger partial charge >= 0.3 is 0 Å². The van der Waals surface area contributed by atoms with Gasteiger partial charge in [0.1, 0.15) is 5.75 Å². The maximum absolute atomic E-state index is 12.6. The highest BCUT2D eigenvalue weighted by Crippen LogP contribution is 2.31. The van der Waals surface area contributed by atoms with Crippen LogP contribution in [0.15, 0.2) is 42.5 Å². The molecule has 1 aliphatic rings. The molecule has 7 heteroatoms. The van der Waals surface area contributed by atoms with Crippen LogP contribution in [0.2, 0.25) is 0 Å². The smallest absolute Gasteiger partial charge is 0.265 e. The Morgan fingerprint density at radius 1 is 1.14 bits per heavy atom. The SMILES string of the molecule is COc1ccc(CCN(C)C(=O)CCN2C(=O)COc3ccccc32)cc1OC. The minimum absolute atomic E-state index is 0.000343. The fourth-order valence-corrected chi connectivity index (χ4v) is 3.26. The molecular weight excluding hydrogens is 372 g/mol. The van der Waals surface area contributed by atoms with E-state index in [4.69, 9.17) is 14.2 Å². The highest BCUT2D eigenvalue weighted by molar-refractivity contribution is 5.98. The lowest BCUT2D eigenvalue weighted by molar-refractivity contribution is -0.129. The van der Waals surface area contributed by atoms with Gasteiger partial charge in [0.2, 0.25) is 5.91 Å². The number of likely N-dealkylation sites (N-methyl/N-ethyl adjacent to an activating group) is 1. The molecule has 1 heterocycles. The van der Waals surface area contributed by atoms with Crippen LogP contribution in [0.25, 0.3) is 0 Å². The number of anilines is 1. The fourth-order valence-electron chi connectivity index (χ4n) is 3.26. The van der Waals surface area contributed by atoms with E-state index in [1.165, 1.54) is 0 Å². The number of hydrogen-bond acceptors (Lipinski definition) is 5. The van der Waals surface area contributed by atoms with Crippen molar-refractivity contribution in [2.24, 2.45) is 0 Å². The molecule has 1 aliphatic heterocycles. The molecular formula is C22H26N2O5. The fraction of sp³-hybridized carbons (Fsp3) is 0.364. The lowest BCUT2D eigenvalue weighted by Crippen LogP contribution is -2.41. The number of ether oxygens (including phenoxy) is 3. The van der Waals surface area contributed by atoms with Crippen LogP contribution in [-0.4, -0.2) is 57.7 Å². The molecule has 2 amide bonds. The Balaban J connectivity index is 1.54. The molecule has 0 radical (unpaired) electrons. The molecule has 0 unspecified atom stereocenters. The van der Waals surface area contributed by atoms with Gasteiger partial charge in [-0.25, -0.2) is 0 Å². The molecule has 29 heavy (non-hydrogen) atoms. The van der Waals surface area contributed by atoms with Crippen molar-refractivity contribution in [2.75, 3.05) is 45.9 Å². The summed E-state index contributed by atoms with van der Waals surface area (Å²) in [5.74, 6) is 1.87. The molecule has 7 nitrogen and oxygen atoms in total. The van der Waals surface area contributed by atoms with Gasteiger partial charge in [0.15, 0.2) is 18.1 Å². The molecule has 0 fully saturated rings. The number of rotatable bonds is 8. The topological polar surface area (TPSA) is 68.3 Å². The monoisotopic (exact) mass is 398 g/mol. The maximum atomic E-state index is 12.6. The molecule has 0 bridgehead atoms. The van der Waals surface area contributed by atoms with Crippen molar-refractivity contribution in [1.82, 2.24) is 4.90 Å². The number of para-hydroxylation sites is 2. The molecule has 0 N–H and O–H groups in total. The van der Waals surface area contributed by atoms with Crippen molar-refractivity contribution in [1.29, 1.82) is 0 Å². The van der Waals surface area contributed by atoms with Gasteiger partial charge in [0.05, 0.1) is 19.9 Å². The summed E-state index contributed by atoms with van der Waals surface area (Å²) in [6, 6.07) is 13.1. The van der Waals surface area contributed by atoms with Gasteiger partial charge in [0.25, 0.3) is 5.91 Å². The van der Waals surface area contributed by atoms with Gasteiger partial charge in [-0.15, -0.1) is 0 Å². The van der Waals surface area contributed by atoms with Gasteiger partial charge in [-0.2, -0.15) is 0 Å². The van der Waals surface area contributed by atoms with Crippen LogP contribution in [0.3, 0.4) is 0 Å². The molecule has 0 atom stereocenters. The summed E-state index contributed by atoms with van der Waals surface area (Å²) in [5.41, 5.74) is 1.77. The zero-order chi connectivity index (χ0) is 20.8. The normalized spacial score (nSPS) is 12.8. The van der Waals surface area contributed by atoms with E-state index in [-0.39, 0.29) is 24.8 Å². The number of carbonyl (C=O) groups excluding carboxylic acids is 2. The Morgan fingerprint density at radius 3 is 2.66 bits per heavy atom. The Kier molecular flexibility index (Phi) is 6.59. The van der Waals surface area contributed by atoms with Crippen LogP contribution in [0.1, 0.15) is 12.0 Å². The van der Waals surface area contributed by atoms with Crippen molar-refractivity contribution in [3.05, 3.63) is 48.0 Å². The van der Waals surface area contributed by atoms with Gasteiger partial charge in [0, 0.05) is 26.6 Å². The predicted octanol–water partition coefficient (Wildman–Crippen LogP) is 2.52. The van der Waals surface area contributed by atoms with Gasteiger partial charge in [-0.3, -0.25) is 9.59 Å². The first-order chi connectivity index (χ1) is 14.0. The average Bonchev–Trinajstić information content (AvgIpc) is 2.76. The van der Waals surface area contributed by atoms with Crippen molar-refractivity contribution >= 4 is 17.5 Å². The van der Waals surface area contributed by atoms with Crippen LogP contribution < -0.4 is 19.1 Å². The summed E-state index contributed by atoms with van der Waals surface area (Å²) in [6.07, 6.45) is 0.949. The zero-order valence-electron chi connectivity index (χ0n) is 17.0. The van der Waals surface area contributed by atoms with Crippen molar-refractivity contribution in [3.63, 3.8) is 0 Å². The molecule has 2 aromatic rings. The molecule has 3 rings (SSSR count). The zero-order valence-corrected chi connectivity index (χ0v) is 17.0. The van der Waals surface area contributed by atoms with E-state index < -0.39 is 0 Å². The van der Waals surface area contributed by atoms with E-state index in [0.717, 1.165) is 5.56 Å². The van der Waals surface area contributed by atoms with Gasteiger partial charge in [-0.1, -0.05) is 18.2 Å². The number of hydrogen-bond donors (Lipinski definition) is 0. The van der Waals surface area contributed by atoms with E-state index in [2.05, 4.69) is 0 Å². The summed E-state index contributed by atoms with van der Waals surface area (Å²) in [6.45, 7) is 0.904. The Hall–Kier alpha value is -3.22. The third-order valence-electron chi connectivity index (χ3n) is 4.97. The highest BCUT2D eigenvalue weighted by Gasteiger charge is 2.25. The van der Waals surface area contributed by atoms with E-state index in [9.17, 15) is 9.59 Å². The summed E-state index contributed by atoms with van der Waals surface area (Å²) in [5, 5.41) is 0. The Morgan fingerprint density at radius 2 is 1.90 bits per heavy atom. The molecule has 2 aromatic carbocycles. The predicted molar refractivity (Wildman–Crippen MR) is 110 cm³/mol. The number of carbonyl (C=O) groups is 2. The second-order valence-electron chi connectivity index (χ2n) is 6.81. The first kappa shape index (κ1) is 20.5. The molecule has 0 saturated heterocycles. The molecule has 0 saturated carbocycles. The van der Waals surface area contributed by atoms with Gasteiger partial charge < -0.3 is 24.0 Å². The molecule has 0 spiro atoms. The largest absolute Gasteiger partial charge is 0.493 e. The third kappa shape index (κ3) is 4.80. The summed E-state index contributed by atoms with van der Waals surface area (Å²) in [7, 11) is 4.97. The van der Waals surface area contributed by atoms with Crippen LogP contribution >= 0.6 is 0 Å². The maximum Gasteiger partial charge on any atom is 0.265 e. The number of methoxy groups -OCH3 is 2. The van der Waals surface area contributed by atoms with Crippen LogP contribution in [0.5, 0.6) is 17.2 Å². The first-order valence-electron chi connectivity index (χ1n) is 9.50. The van der Waals surface area contributed by atoms with E-state index in [1.54, 1.807) is 31.1 Å². The van der Waals surface area contributed by atoms with E-state index in [0.29, 0.717) is 42.4 Å². The van der Waals surface area contributed by atoms with Crippen molar-refractivity contribution < 1.29 is 23.8 Å². The van der Waals surface area contributed by atoms with E-state index >= 15 is 0 Å². The lowest BCUT2D eigenvalue weighted by Gasteiger charge is -2.29. The van der Waals surface area contributed by atoms with Gasteiger partial charge in [-0.05, 0) is 36.2 Å². The van der Waals surface area contributed by atoms with Crippen molar-refractivity contribution in [3.8, 4) is 17.2 Å². The average molecular weight is 398 g/mol. The third-order valence-corrected chi connectivity index (χ3v) is 4.97. The van der Waals surface area contributed by atoms with E-state index in [1.807, 2.05) is 42.5 Å². The quantitative estimate of drug-likeness (QED) is 0.684. The number of benzene rings is 2. The number of fused-ring (bicyclic) bond motifs is 1. The minimum Gasteiger partial charge on any atom is -0.493 e.